The summed E-state index contributed by atoms with van der Waals surface area (Å²) in [5, 5.41) is 9.08. The van der Waals surface area contributed by atoms with Gasteiger partial charge < -0.3 is 14.7 Å². The lowest BCUT2D eigenvalue weighted by Crippen LogP contribution is -2.25. The first-order valence-electron chi connectivity index (χ1n) is 6.89. The average Bonchev–Trinajstić information content (AvgIpc) is 2.90. The minimum Gasteiger partial charge on any atom is -0.449 e. The Balaban J connectivity index is 2.40. The van der Waals surface area contributed by atoms with Gasteiger partial charge >= 0.3 is 6.16 Å². The number of hydrogen-bond acceptors (Lipinski definition) is 4. The largest absolute Gasteiger partial charge is 0.512 e. The maximum atomic E-state index is 12.1. The first-order chi connectivity index (χ1) is 10.5. The van der Waals surface area contributed by atoms with Crippen LogP contribution in [0.1, 0.15) is 19.8 Å². The van der Waals surface area contributed by atoms with Crippen LogP contribution >= 0.6 is 11.3 Å². The number of carboxylic acid groups (broad SMARTS) is 1. The molecule has 0 saturated carbocycles. The number of nitrogens with zero attached hydrogens (tertiary/aromatic N) is 1. The van der Waals surface area contributed by atoms with E-state index in [4.69, 9.17) is 9.84 Å². The van der Waals surface area contributed by atoms with Crippen LogP contribution in [-0.2, 0) is 4.79 Å². The second kappa shape index (κ2) is 7.09. The zero-order chi connectivity index (χ0) is 16.1. The van der Waals surface area contributed by atoms with E-state index in [1.54, 1.807) is 13.1 Å². The molecule has 0 aliphatic heterocycles. The third-order valence-corrected chi connectivity index (χ3v) is 4.17. The molecule has 0 aliphatic rings. The highest BCUT2D eigenvalue weighted by atomic mass is 32.1. The van der Waals surface area contributed by atoms with Gasteiger partial charge in [0.2, 0.25) is 11.0 Å². The van der Waals surface area contributed by atoms with E-state index in [0.717, 1.165) is 16.9 Å². The lowest BCUT2D eigenvalue weighted by molar-refractivity contribution is -0.118. The average molecular weight is 319 g/mol. The summed E-state index contributed by atoms with van der Waals surface area (Å²) in [5.41, 5.74) is 1.43. The number of rotatable bonds is 5. The fraction of sp³-hybridized carbons (Fsp3) is 0.250. The molecule has 0 unspecified atom stereocenters. The number of carbonyl (C=O) groups excluding carboxylic acids is 1. The van der Waals surface area contributed by atoms with Gasteiger partial charge in [0.05, 0.1) is 5.69 Å². The van der Waals surface area contributed by atoms with Crippen molar-refractivity contribution in [1.82, 2.24) is 0 Å². The molecule has 0 bridgehead atoms. The van der Waals surface area contributed by atoms with Gasteiger partial charge in [-0.2, -0.15) is 0 Å². The predicted molar refractivity (Wildman–Crippen MR) is 86.7 cm³/mol. The predicted octanol–water partition coefficient (Wildman–Crippen LogP) is 4.23. The van der Waals surface area contributed by atoms with Crippen LogP contribution in [0.2, 0.25) is 0 Å². The van der Waals surface area contributed by atoms with Crippen LogP contribution < -0.4 is 9.64 Å². The summed E-state index contributed by atoms with van der Waals surface area (Å²) in [6, 6.07) is 11.3. The van der Waals surface area contributed by atoms with Crippen LogP contribution in [0, 0.1) is 0 Å². The Labute approximate surface area is 132 Å². The number of hydrogen-bond donors (Lipinski definition) is 1. The lowest BCUT2D eigenvalue weighted by atomic mass is 10.2. The smallest absolute Gasteiger partial charge is 0.449 e. The summed E-state index contributed by atoms with van der Waals surface area (Å²) >= 11 is 1.21. The molecular weight excluding hydrogens is 302 g/mol. The van der Waals surface area contributed by atoms with Crippen molar-refractivity contribution in [3.63, 3.8) is 0 Å². The van der Waals surface area contributed by atoms with Gasteiger partial charge in [0, 0.05) is 18.3 Å². The van der Waals surface area contributed by atoms with E-state index in [9.17, 15) is 9.59 Å². The first kappa shape index (κ1) is 16.0. The second-order valence-electron chi connectivity index (χ2n) is 4.72. The summed E-state index contributed by atoms with van der Waals surface area (Å²) in [4.78, 5) is 25.2. The SMILES string of the molecule is CCCC(=O)N(C)c1cc(-c2ccccc2)sc1OC(=O)O. The molecule has 0 fully saturated rings. The molecule has 5 nitrogen and oxygen atoms in total. The monoisotopic (exact) mass is 319 g/mol. The molecule has 22 heavy (non-hydrogen) atoms. The van der Waals surface area contributed by atoms with Crippen LogP contribution in [0.5, 0.6) is 5.06 Å². The van der Waals surface area contributed by atoms with Crippen LogP contribution in [0.4, 0.5) is 10.5 Å². The number of anilines is 1. The van der Waals surface area contributed by atoms with Crippen molar-refractivity contribution in [3.8, 4) is 15.5 Å². The Morgan fingerprint density at radius 1 is 1.27 bits per heavy atom. The number of thiophene rings is 1. The van der Waals surface area contributed by atoms with Crippen molar-refractivity contribution >= 4 is 29.1 Å². The van der Waals surface area contributed by atoms with E-state index < -0.39 is 6.16 Å². The van der Waals surface area contributed by atoms with Gasteiger partial charge in [-0.1, -0.05) is 48.6 Å². The van der Waals surface area contributed by atoms with Gasteiger partial charge in [-0.05, 0) is 18.1 Å². The highest BCUT2D eigenvalue weighted by Crippen LogP contribution is 2.42. The zero-order valence-corrected chi connectivity index (χ0v) is 13.2. The number of benzene rings is 1. The minimum atomic E-state index is -1.39. The van der Waals surface area contributed by atoms with Crippen molar-refractivity contribution in [2.24, 2.45) is 0 Å². The van der Waals surface area contributed by atoms with Gasteiger partial charge in [-0.3, -0.25) is 4.79 Å². The van der Waals surface area contributed by atoms with Gasteiger partial charge in [-0.15, -0.1) is 0 Å². The number of amides is 1. The van der Waals surface area contributed by atoms with E-state index >= 15 is 0 Å². The summed E-state index contributed by atoms with van der Waals surface area (Å²) in [6.07, 6.45) is -0.257. The van der Waals surface area contributed by atoms with Gasteiger partial charge in [-0.25, -0.2) is 4.79 Å². The van der Waals surface area contributed by atoms with Crippen molar-refractivity contribution in [1.29, 1.82) is 0 Å². The standard InChI is InChI=1S/C16H17NO4S/c1-3-7-14(18)17(2)12-10-13(11-8-5-4-6-9-11)22-15(12)21-16(19)20/h4-6,8-10H,3,7H2,1-2H3,(H,19,20). The van der Waals surface area contributed by atoms with E-state index in [2.05, 4.69) is 0 Å². The van der Waals surface area contributed by atoms with Crippen molar-refractivity contribution in [2.45, 2.75) is 19.8 Å². The maximum Gasteiger partial charge on any atom is 0.512 e. The normalized spacial score (nSPS) is 10.3. The molecule has 0 atom stereocenters. The van der Waals surface area contributed by atoms with Crippen molar-refractivity contribution < 1.29 is 19.4 Å². The minimum absolute atomic E-state index is 0.0739. The molecule has 2 rings (SSSR count). The molecule has 0 saturated heterocycles. The Morgan fingerprint density at radius 3 is 2.55 bits per heavy atom. The zero-order valence-electron chi connectivity index (χ0n) is 12.4. The van der Waals surface area contributed by atoms with Crippen LogP contribution in [0.15, 0.2) is 36.4 Å². The molecule has 2 aromatic rings. The Morgan fingerprint density at radius 2 is 1.95 bits per heavy atom. The molecule has 0 aliphatic carbocycles. The molecule has 1 N–H and O–H groups in total. The molecule has 1 aromatic heterocycles. The van der Waals surface area contributed by atoms with Gasteiger partial charge in [0.1, 0.15) is 0 Å². The van der Waals surface area contributed by atoms with Crippen LogP contribution in [0.25, 0.3) is 10.4 Å². The Kier molecular flexibility index (Phi) is 5.16. The van der Waals surface area contributed by atoms with E-state index in [-0.39, 0.29) is 11.0 Å². The summed E-state index contributed by atoms with van der Waals surface area (Å²) in [6.45, 7) is 1.92. The Bertz CT molecular complexity index is 666. The molecule has 1 amide bonds. The summed E-state index contributed by atoms with van der Waals surface area (Å²) in [7, 11) is 1.63. The quantitative estimate of drug-likeness (QED) is 0.837. The highest BCUT2D eigenvalue weighted by Gasteiger charge is 2.21. The number of carbonyl (C=O) groups is 2. The van der Waals surface area contributed by atoms with Crippen LogP contribution in [-0.4, -0.2) is 24.2 Å². The van der Waals surface area contributed by atoms with Crippen molar-refractivity contribution in [2.75, 3.05) is 11.9 Å². The van der Waals surface area contributed by atoms with Crippen LogP contribution in [0.3, 0.4) is 0 Å². The number of ether oxygens (including phenoxy) is 1. The summed E-state index contributed by atoms with van der Waals surface area (Å²) in [5.74, 6) is -0.0739. The molecule has 1 aromatic carbocycles. The maximum absolute atomic E-state index is 12.1. The third kappa shape index (κ3) is 3.65. The molecule has 116 valence electrons. The first-order valence-corrected chi connectivity index (χ1v) is 7.71. The Hall–Kier alpha value is -2.34. The second-order valence-corrected chi connectivity index (χ2v) is 5.73. The fourth-order valence-electron chi connectivity index (χ4n) is 2.01. The molecule has 0 radical (unpaired) electrons. The highest BCUT2D eigenvalue weighted by molar-refractivity contribution is 7.18. The van der Waals surface area contributed by atoms with E-state index in [1.165, 1.54) is 16.2 Å². The van der Waals surface area contributed by atoms with Gasteiger partial charge in [0.25, 0.3) is 0 Å². The molecule has 6 heteroatoms. The molecule has 0 spiro atoms. The molecule has 1 heterocycles. The van der Waals surface area contributed by atoms with E-state index in [1.807, 2.05) is 37.3 Å². The van der Waals surface area contributed by atoms with Gasteiger partial charge in [0.15, 0.2) is 0 Å². The lowest BCUT2D eigenvalue weighted by Gasteiger charge is -2.16. The van der Waals surface area contributed by atoms with Crippen molar-refractivity contribution in [3.05, 3.63) is 36.4 Å². The topological polar surface area (TPSA) is 66.8 Å². The molecular formula is C16H17NO4S. The van der Waals surface area contributed by atoms with E-state index in [0.29, 0.717) is 12.1 Å². The third-order valence-electron chi connectivity index (χ3n) is 3.12. The summed E-state index contributed by atoms with van der Waals surface area (Å²) < 4.78 is 4.84. The fourth-order valence-corrected chi connectivity index (χ4v) is 3.05.